The highest BCUT2D eigenvalue weighted by Gasteiger charge is 2.31. The fourth-order valence-electron chi connectivity index (χ4n) is 2.13. The Balaban J connectivity index is 2.02. The third-order valence-electron chi connectivity index (χ3n) is 3.01. The summed E-state index contributed by atoms with van der Waals surface area (Å²) < 4.78 is 0. The molecule has 0 fully saturated rings. The van der Waals surface area contributed by atoms with Gasteiger partial charge in [0, 0.05) is 18.7 Å². The maximum absolute atomic E-state index is 11.3. The lowest BCUT2D eigenvalue weighted by molar-refractivity contribution is -0.117. The number of aliphatic imine (C=N–C) groups is 2. The van der Waals surface area contributed by atoms with Crippen LogP contribution in [-0.4, -0.2) is 34.0 Å². The molecule has 1 aromatic rings. The summed E-state index contributed by atoms with van der Waals surface area (Å²) in [5.41, 5.74) is 1.81. The minimum Gasteiger partial charge on any atom is -0.313 e. The van der Waals surface area contributed by atoms with E-state index in [4.69, 9.17) is 0 Å². The van der Waals surface area contributed by atoms with Crippen molar-refractivity contribution in [1.82, 2.24) is 10.2 Å². The summed E-state index contributed by atoms with van der Waals surface area (Å²) in [5.74, 6) is 1.04. The first-order chi connectivity index (χ1) is 9.65. The highest BCUT2D eigenvalue weighted by Crippen LogP contribution is 2.26. The van der Waals surface area contributed by atoms with E-state index in [0.29, 0.717) is 18.2 Å². The summed E-state index contributed by atoms with van der Waals surface area (Å²) in [5, 5.41) is 2.75. The average molecular weight is 333 g/mol. The molecule has 5 nitrogen and oxygen atoms in total. The highest BCUT2D eigenvalue weighted by atomic mass is 79.9. The lowest BCUT2D eigenvalue weighted by atomic mass is 10.1. The number of rotatable bonds is 1. The lowest BCUT2D eigenvalue weighted by Crippen LogP contribution is -2.44. The summed E-state index contributed by atoms with van der Waals surface area (Å²) >= 11 is 3.57. The van der Waals surface area contributed by atoms with Gasteiger partial charge in [0.05, 0.1) is 12.2 Å². The number of alkyl halides is 1. The van der Waals surface area contributed by atoms with Crippen molar-refractivity contribution in [1.29, 1.82) is 0 Å². The maximum atomic E-state index is 11.3. The Labute approximate surface area is 125 Å². The fraction of sp³-hybridized carbons (Fsp3) is 0.214. The molecule has 1 atom stereocenters. The second kappa shape index (κ2) is 5.20. The molecule has 0 bridgehead atoms. The van der Waals surface area contributed by atoms with Crippen LogP contribution in [0.2, 0.25) is 0 Å². The standard InChI is InChI=1S/C14H13BrN4O/c1-9(20)17-13-14-16-7-12(15)19(14)8-11(18-13)10-5-3-2-4-6-10/h2-6,8,12H,7H2,1H3,(H,17,18,20). The van der Waals surface area contributed by atoms with Crippen LogP contribution in [0.15, 0.2) is 46.5 Å². The molecule has 2 heterocycles. The molecule has 2 aliphatic heterocycles. The summed E-state index contributed by atoms with van der Waals surface area (Å²) in [4.78, 5) is 22.3. The average Bonchev–Trinajstić information content (AvgIpc) is 2.81. The SMILES string of the molecule is CC(=O)NC1=NC(c2ccccc2)=CN2C1=NCC2Br. The molecule has 1 N–H and O–H groups in total. The van der Waals surface area contributed by atoms with Crippen LogP contribution in [0.1, 0.15) is 12.5 Å². The van der Waals surface area contributed by atoms with Crippen LogP contribution in [-0.2, 0) is 4.79 Å². The van der Waals surface area contributed by atoms with Crippen LogP contribution < -0.4 is 5.32 Å². The third kappa shape index (κ3) is 2.38. The first kappa shape index (κ1) is 13.1. The number of hydrogen-bond donors (Lipinski definition) is 1. The first-order valence-corrected chi connectivity index (χ1v) is 7.17. The minimum atomic E-state index is -0.154. The Kier molecular flexibility index (Phi) is 3.40. The van der Waals surface area contributed by atoms with Gasteiger partial charge in [0.25, 0.3) is 0 Å². The minimum absolute atomic E-state index is 0.0930. The smallest absolute Gasteiger partial charge is 0.222 e. The van der Waals surface area contributed by atoms with Gasteiger partial charge in [0.2, 0.25) is 5.91 Å². The zero-order valence-corrected chi connectivity index (χ0v) is 12.5. The number of fused-ring (bicyclic) bond motifs is 1. The number of benzene rings is 1. The number of amidine groups is 2. The van der Waals surface area contributed by atoms with E-state index in [1.807, 2.05) is 41.4 Å². The van der Waals surface area contributed by atoms with Crippen LogP contribution in [0.4, 0.5) is 0 Å². The summed E-state index contributed by atoms with van der Waals surface area (Å²) in [6, 6.07) is 9.86. The Morgan fingerprint density at radius 1 is 1.40 bits per heavy atom. The van der Waals surface area contributed by atoms with Gasteiger partial charge in [-0.2, -0.15) is 0 Å². The van der Waals surface area contributed by atoms with E-state index in [2.05, 4.69) is 31.2 Å². The van der Waals surface area contributed by atoms with Crippen molar-refractivity contribution in [2.24, 2.45) is 9.98 Å². The van der Waals surface area contributed by atoms with Crippen molar-refractivity contribution in [3.05, 3.63) is 42.1 Å². The van der Waals surface area contributed by atoms with Gasteiger partial charge in [0.15, 0.2) is 11.7 Å². The van der Waals surface area contributed by atoms with E-state index in [0.717, 1.165) is 11.3 Å². The number of halogens is 1. The van der Waals surface area contributed by atoms with Crippen molar-refractivity contribution in [3.63, 3.8) is 0 Å². The molecule has 0 radical (unpaired) electrons. The zero-order valence-electron chi connectivity index (χ0n) is 10.9. The number of amides is 1. The monoisotopic (exact) mass is 332 g/mol. The molecular formula is C14H13BrN4O. The molecule has 1 unspecified atom stereocenters. The van der Waals surface area contributed by atoms with Gasteiger partial charge in [-0.05, 0) is 0 Å². The molecular weight excluding hydrogens is 320 g/mol. The van der Waals surface area contributed by atoms with Crippen LogP contribution in [0.25, 0.3) is 5.70 Å². The van der Waals surface area contributed by atoms with Crippen molar-refractivity contribution >= 4 is 39.2 Å². The predicted molar refractivity (Wildman–Crippen MR) is 82.5 cm³/mol. The summed E-state index contributed by atoms with van der Waals surface area (Å²) in [6.07, 6.45) is 1.95. The molecule has 102 valence electrons. The Morgan fingerprint density at radius 2 is 2.15 bits per heavy atom. The topological polar surface area (TPSA) is 57.1 Å². The van der Waals surface area contributed by atoms with Crippen molar-refractivity contribution in [2.75, 3.05) is 6.54 Å². The number of carbonyl (C=O) groups is 1. The van der Waals surface area contributed by atoms with E-state index in [1.165, 1.54) is 6.92 Å². The molecule has 6 heteroatoms. The second-order valence-electron chi connectivity index (χ2n) is 4.53. The highest BCUT2D eigenvalue weighted by molar-refractivity contribution is 9.09. The number of carbonyl (C=O) groups excluding carboxylic acids is 1. The largest absolute Gasteiger partial charge is 0.313 e. The normalized spacial score (nSPS) is 20.8. The van der Waals surface area contributed by atoms with Gasteiger partial charge in [-0.3, -0.25) is 9.79 Å². The molecule has 0 saturated carbocycles. The third-order valence-corrected chi connectivity index (χ3v) is 3.74. The van der Waals surface area contributed by atoms with Gasteiger partial charge in [-0.15, -0.1) is 0 Å². The predicted octanol–water partition coefficient (Wildman–Crippen LogP) is 1.97. The van der Waals surface area contributed by atoms with Crippen molar-refractivity contribution in [2.45, 2.75) is 11.9 Å². The molecule has 1 amide bonds. The Hall–Kier alpha value is -1.95. The van der Waals surface area contributed by atoms with E-state index >= 15 is 0 Å². The summed E-state index contributed by atoms with van der Waals surface area (Å²) in [6.45, 7) is 2.10. The summed E-state index contributed by atoms with van der Waals surface area (Å²) in [7, 11) is 0. The van der Waals surface area contributed by atoms with E-state index in [9.17, 15) is 4.79 Å². The first-order valence-electron chi connectivity index (χ1n) is 6.26. The molecule has 0 saturated heterocycles. The van der Waals surface area contributed by atoms with Crippen molar-refractivity contribution in [3.8, 4) is 0 Å². The molecule has 0 spiro atoms. The van der Waals surface area contributed by atoms with Gasteiger partial charge in [-0.25, -0.2) is 4.99 Å². The quantitative estimate of drug-likeness (QED) is 0.631. The van der Waals surface area contributed by atoms with Crippen LogP contribution in [0.5, 0.6) is 0 Å². The molecule has 2 aliphatic rings. The molecule has 20 heavy (non-hydrogen) atoms. The van der Waals surface area contributed by atoms with Gasteiger partial charge in [-0.1, -0.05) is 46.3 Å². The van der Waals surface area contributed by atoms with Crippen LogP contribution in [0.3, 0.4) is 0 Å². The van der Waals surface area contributed by atoms with Gasteiger partial charge >= 0.3 is 0 Å². The zero-order chi connectivity index (χ0) is 14.1. The maximum Gasteiger partial charge on any atom is 0.222 e. The van der Waals surface area contributed by atoms with E-state index < -0.39 is 0 Å². The van der Waals surface area contributed by atoms with E-state index in [1.54, 1.807) is 0 Å². The molecule has 0 aromatic heterocycles. The molecule has 3 rings (SSSR count). The van der Waals surface area contributed by atoms with Gasteiger partial charge < -0.3 is 10.2 Å². The molecule has 1 aromatic carbocycles. The number of hydrogen-bond acceptors (Lipinski definition) is 4. The van der Waals surface area contributed by atoms with Crippen LogP contribution >= 0.6 is 15.9 Å². The lowest BCUT2D eigenvalue weighted by Gasteiger charge is -2.25. The fourth-order valence-corrected chi connectivity index (χ4v) is 2.59. The number of nitrogens with zero attached hydrogens (tertiary/aromatic N) is 3. The Bertz CT molecular complexity index is 636. The van der Waals surface area contributed by atoms with E-state index in [-0.39, 0.29) is 10.9 Å². The number of nitrogens with one attached hydrogen (secondary N) is 1. The molecule has 0 aliphatic carbocycles. The second-order valence-corrected chi connectivity index (χ2v) is 5.58. The van der Waals surface area contributed by atoms with Gasteiger partial charge in [0.1, 0.15) is 4.95 Å². The van der Waals surface area contributed by atoms with Crippen LogP contribution in [0, 0.1) is 0 Å². The van der Waals surface area contributed by atoms with Crippen molar-refractivity contribution < 1.29 is 4.79 Å². The Morgan fingerprint density at radius 3 is 2.85 bits per heavy atom.